The summed E-state index contributed by atoms with van der Waals surface area (Å²) in [5, 5.41) is 9.31. The van der Waals surface area contributed by atoms with E-state index in [4.69, 9.17) is 21.4 Å². The highest BCUT2D eigenvalue weighted by molar-refractivity contribution is 7.91. The third-order valence-electron chi connectivity index (χ3n) is 3.84. The van der Waals surface area contributed by atoms with Gasteiger partial charge in [0.25, 0.3) is 0 Å². The molecule has 1 N–H and O–H groups in total. The average Bonchev–Trinajstić information content (AvgIpc) is 2.55. The van der Waals surface area contributed by atoms with Crippen molar-refractivity contribution in [1.29, 1.82) is 0 Å². The molecule has 0 aliphatic heterocycles. The van der Waals surface area contributed by atoms with Crippen molar-refractivity contribution in [3.8, 4) is 16.9 Å². The van der Waals surface area contributed by atoms with Crippen LogP contribution in [0.1, 0.15) is 18.1 Å². The highest BCUT2D eigenvalue weighted by Crippen LogP contribution is 2.37. The molecular formula is C18H19ClO5S. The van der Waals surface area contributed by atoms with Gasteiger partial charge in [0.1, 0.15) is 5.75 Å². The second kappa shape index (κ2) is 7.45. The number of carboxylic acids is 1. The molecule has 2 rings (SSSR count). The SMILES string of the molecule is CCS(=O)(=O)c1ccc(-c2cc(C)c(Cl)cc2OCC(=O)O)c(C)c1. The zero-order valence-electron chi connectivity index (χ0n) is 14.2. The van der Waals surface area contributed by atoms with Crippen molar-refractivity contribution < 1.29 is 23.1 Å². The predicted molar refractivity (Wildman–Crippen MR) is 97.2 cm³/mol. The Morgan fingerprint density at radius 1 is 1.12 bits per heavy atom. The Labute approximate surface area is 152 Å². The van der Waals surface area contributed by atoms with Gasteiger partial charge in [-0.05, 0) is 54.8 Å². The molecule has 0 aliphatic carbocycles. The first-order valence-electron chi connectivity index (χ1n) is 7.64. The summed E-state index contributed by atoms with van der Waals surface area (Å²) in [4.78, 5) is 11.1. The first-order valence-corrected chi connectivity index (χ1v) is 9.67. The van der Waals surface area contributed by atoms with Crippen LogP contribution in [0.25, 0.3) is 11.1 Å². The van der Waals surface area contributed by atoms with E-state index in [-0.39, 0.29) is 10.6 Å². The summed E-state index contributed by atoms with van der Waals surface area (Å²) in [5.74, 6) is -0.727. The lowest BCUT2D eigenvalue weighted by Gasteiger charge is -2.15. The van der Waals surface area contributed by atoms with Crippen molar-refractivity contribution in [3.05, 3.63) is 46.5 Å². The van der Waals surface area contributed by atoms with E-state index >= 15 is 0 Å². The number of hydrogen-bond donors (Lipinski definition) is 1. The Hall–Kier alpha value is -2.05. The zero-order valence-corrected chi connectivity index (χ0v) is 15.7. The van der Waals surface area contributed by atoms with Crippen LogP contribution in [0.2, 0.25) is 5.02 Å². The molecule has 0 spiro atoms. The minimum atomic E-state index is -3.30. The summed E-state index contributed by atoms with van der Waals surface area (Å²) in [6, 6.07) is 8.24. The number of benzene rings is 2. The van der Waals surface area contributed by atoms with Crippen LogP contribution >= 0.6 is 11.6 Å². The predicted octanol–water partition coefficient (Wildman–Crippen LogP) is 3.88. The van der Waals surface area contributed by atoms with Crippen molar-refractivity contribution in [2.24, 2.45) is 0 Å². The van der Waals surface area contributed by atoms with Crippen LogP contribution in [-0.2, 0) is 14.6 Å². The van der Waals surface area contributed by atoms with Gasteiger partial charge in [-0.15, -0.1) is 0 Å². The fourth-order valence-corrected chi connectivity index (χ4v) is 3.55. The standard InChI is InChI=1S/C18H19ClO5S/c1-4-25(22,23)13-5-6-14(11(2)7-13)15-8-12(3)16(19)9-17(15)24-10-18(20)21/h5-9H,4,10H2,1-3H3,(H,20,21). The van der Waals surface area contributed by atoms with Crippen LogP contribution in [-0.4, -0.2) is 31.9 Å². The van der Waals surface area contributed by atoms with E-state index < -0.39 is 22.4 Å². The molecule has 0 aliphatic rings. The topological polar surface area (TPSA) is 80.7 Å². The van der Waals surface area contributed by atoms with E-state index in [0.29, 0.717) is 16.3 Å². The zero-order chi connectivity index (χ0) is 18.8. The fourth-order valence-electron chi connectivity index (χ4n) is 2.43. The van der Waals surface area contributed by atoms with E-state index in [1.165, 1.54) is 0 Å². The molecule has 7 heteroatoms. The summed E-state index contributed by atoms with van der Waals surface area (Å²) in [5.41, 5.74) is 2.98. The maximum absolute atomic E-state index is 12.0. The molecule has 0 amide bonds. The monoisotopic (exact) mass is 382 g/mol. The van der Waals surface area contributed by atoms with Crippen LogP contribution in [0.15, 0.2) is 35.2 Å². The summed E-state index contributed by atoms with van der Waals surface area (Å²) in [6.45, 7) is 4.74. The number of hydrogen-bond acceptors (Lipinski definition) is 4. The number of sulfone groups is 1. The largest absolute Gasteiger partial charge is 0.481 e. The maximum atomic E-state index is 12.0. The Bertz CT molecular complexity index is 919. The van der Waals surface area contributed by atoms with Crippen molar-refractivity contribution in [1.82, 2.24) is 0 Å². The molecule has 134 valence electrons. The molecule has 0 unspecified atom stereocenters. The van der Waals surface area contributed by atoms with Crippen LogP contribution in [0, 0.1) is 13.8 Å². The Morgan fingerprint density at radius 3 is 2.36 bits per heavy atom. The second-order valence-corrected chi connectivity index (χ2v) is 8.35. The molecular weight excluding hydrogens is 364 g/mol. The van der Waals surface area contributed by atoms with E-state index in [2.05, 4.69) is 0 Å². The number of ether oxygens (including phenoxy) is 1. The molecule has 0 aromatic heterocycles. The number of aryl methyl sites for hydroxylation is 2. The third kappa shape index (κ3) is 4.32. The lowest BCUT2D eigenvalue weighted by atomic mass is 9.98. The van der Waals surface area contributed by atoms with Crippen LogP contribution in [0.3, 0.4) is 0 Å². The van der Waals surface area contributed by atoms with Gasteiger partial charge in [-0.2, -0.15) is 0 Å². The molecule has 2 aromatic rings. The van der Waals surface area contributed by atoms with Crippen molar-refractivity contribution in [3.63, 3.8) is 0 Å². The van der Waals surface area contributed by atoms with E-state index in [0.717, 1.165) is 16.7 Å². The lowest BCUT2D eigenvalue weighted by Crippen LogP contribution is -2.10. The highest BCUT2D eigenvalue weighted by Gasteiger charge is 2.17. The fraction of sp³-hybridized carbons (Fsp3) is 0.278. The molecule has 0 bridgehead atoms. The molecule has 0 atom stereocenters. The minimum Gasteiger partial charge on any atom is -0.481 e. The average molecular weight is 383 g/mol. The smallest absolute Gasteiger partial charge is 0.341 e. The number of halogens is 1. The summed E-state index contributed by atoms with van der Waals surface area (Å²) < 4.78 is 29.4. The lowest BCUT2D eigenvalue weighted by molar-refractivity contribution is -0.139. The van der Waals surface area contributed by atoms with E-state index in [1.54, 1.807) is 44.2 Å². The molecule has 25 heavy (non-hydrogen) atoms. The summed E-state index contributed by atoms with van der Waals surface area (Å²) in [6.07, 6.45) is 0. The van der Waals surface area contributed by atoms with Crippen molar-refractivity contribution in [2.75, 3.05) is 12.4 Å². The quantitative estimate of drug-likeness (QED) is 0.819. The molecule has 0 heterocycles. The van der Waals surface area contributed by atoms with Gasteiger partial charge in [-0.3, -0.25) is 0 Å². The first kappa shape index (κ1) is 19.3. The molecule has 0 radical (unpaired) electrons. The highest BCUT2D eigenvalue weighted by atomic mass is 35.5. The van der Waals surface area contributed by atoms with Gasteiger partial charge < -0.3 is 9.84 Å². The van der Waals surface area contributed by atoms with E-state index in [9.17, 15) is 13.2 Å². The summed E-state index contributed by atoms with van der Waals surface area (Å²) in [7, 11) is -3.30. The first-order chi connectivity index (χ1) is 11.7. The van der Waals surface area contributed by atoms with Crippen molar-refractivity contribution in [2.45, 2.75) is 25.7 Å². The van der Waals surface area contributed by atoms with Gasteiger partial charge in [0, 0.05) is 10.6 Å². The maximum Gasteiger partial charge on any atom is 0.341 e. The molecule has 2 aromatic carbocycles. The van der Waals surface area contributed by atoms with Gasteiger partial charge >= 0.3 is 5.97 Å². The van der Waals surface area contributed by atoms with Crippen LogP contribution in [0.4, 0.5) is 0 Å². The Kier molecular flexibility index (Phi) is 5.75. The second-order valence-electron chi connectivity index (χ2n) is 5.66. The van der Waals surface area contributed by atoms with Crippen LogP contribution < -0.4 is 4.74 Å². The Morgan fingerprint density at radius 2 is 1.80 bits per heavy atom. The van der Waals surface area contributed by atoms with Gasteiger partial charge in [-0.1, -0.05) is 24.6 Å². The van der Waals surface area contributed by atoms with Gasteiger partial charge in [0.15, 0.2) is 16.4 Å². The number of rotatable bonds is 6. The molecule has 0 saturated carbocycles. The number of carbonyl (C=O) groups is 1. The summed E-state index contributed by atoms with van der Waals surface area (Å²) >= 11 is 6.13. The van der Waals surface area contributed by atoms with Crippen molar-refractivity contribution >= 4 is 27.4 Å². The molecule has 0 fully saturated rings. The van der Waals surface area contributed by atoms with Gasteiger partial charge in [-0.25, -0.2) is 13.2 Å². The minimum absolute atomic E-state index is 0.0266. The third-order valence-corrected chi connectivity index (χ3v) is 5.98. The van der Waals surface area contributed by atoms with Gasteiger partial charge in [0.2, 0.25) is 0 Å². The normalized spacial score (nSPS) is 11.4. The van der Waals surface area contributed by atoms with Crippen LogP contribution in [0.5, 0.6) is 5.75 Å². The molecule has 0 saturated heterocycles. The van der Waals surface area contributed by atoms with Gasteiger partial charge in [0.05, 0.1) is 10.6 Å². The number of carboxylic acid groups (broad SMARTS) is 1. The van der Waals surface area contributed by atoms with E-state index in [1.807, 2.05) is 6.92 Å². The Balaban J connectivity index is 2.57. The molecule has 5 nitrogen and oxygen atoms in total. The number of aliphatic carboxylic acids is 1.